The minimum Gasteiger partial charge on any atom is -0.455 e. The largest absolute Gasteiger partial charge is 0.455 e. The van der Waals surface area contributed by atoms with Crippen molar-refractivity contribution in [2.24, 2.45) is 0 Å². The van der Waals surface area contributed by atoms with Crippen LogP contribution in [0.3, 0.4) is 0 Å². The van der Waals surface area contributed by atoms with Gasteiger partial charge in [-0.1, -0.05) is 121 Å². The summed E-state index contributed by atoms with van der Waals surface area (Å²) in [5.41, 5.74) is 8.73. The molecular weight excluding hydrogens is 478 g/mol. The first-order valence-corrected chi connectivity index (χ1v) is 13.1. The molecule has 0 spiro atoms. The van der Waals surface area contributed by atoms with Crippen molar-refractivity contribution >= 4 is 27.8 Å². The van der Waals surface area contributed by atoms with Crippen molar-refractivity contribution in [3.8, 4) is 44.8 Å². The Morgan fingerprint density at radius 1 is 0.564 bits per heavy atom. The highest BCUT2D eigenvalue weighted by atomic mass is 16.3. The lowest BCUT2D eigenvalue weighted by atomic mass is 9.96. The van der Waals surface area contributed by atoms with Crippen molar-refractivity contribution in [3.63, 3.8) is 0 Å². The number of fused-ring (bicyclic) bond motifs is 2. The average molecular weight is 504 g/mol. The van der Waals surface area contributed by atoms with Crippen molar-refractivity contribution in [2.45, 2.75) is 6.92 Å². The summed E-state index contributed by atoms with van der Waals surface area (Å²) in [6, 6.07) is 45.2. The molecule has 0 saturated heterocycles. The molecule has 0 aliphatic carbocycles. The van der Waals surface area contributed by atoms with Crippen LogP contribution in [0.4, 0.5) is 0 Å². The molecule has 186 valence electrons. The third kappa shape index (κ3) is 3.79. The fraction of sp³-hybridized carbons (Fsp3) is 0.0278. The van der Waals surface area contributed by atoms with Crippen LogP contribution in [0.5, 0.6) is 0 Å². The molecule has 0 saturated carbocycles. The van der Waals surface area contributed by atoms with Crippen LogP contribution in [0, 0.1) is 0 Å². The van der Waals surface area contributed by atoms with Gasteiger partial charge in [0.1, 0.15) is 11.3 Å². The fourth-order valence-corrected chi connectivity index (χ4v) is 5.65. The summed E-state index contributed by atoms with van der Waals surface area (Å²) < 4.78 is 8.52. The van der Waals surface area contributed by atoms with Gasteiger partial charge >= 0.3 is 0 Å². The minimum absolute atomic E-state index is 0.0339. The second-order valence-electron chi connectivity index (χ2n) is 9.71. The second-order valence-corrected chi connectivity index (χ2v) is 9.71. The first-order valence-electron chi connectivity index (χ1n) is 13.1. The van der Waals surface area contributed by atoms with Gasteiger partial charge in [0.05, 0.1) is 11.2 Å². The Morgan fingerprint density at radius 3 is 1.59 bits per heavy atom. The normalized spacial score (nSPS) is 11.3. The van der Waals surface area contributed by atoms with Gasteiger partial charge in [-0.15, -0.1) is 0 Å². The van der Waals surface area contributed by atoms with E-state index in [4.69, 9.17) is 4.42 Å². The van der Waals surface area contributed by atoms with Gasteiger partial charge in [0.2, 0.25) is 5.91 Å². The van der Waals surface area contributed by atoms with Gasteiger partial charge < -0.3 is 4.42 Å². The number of carbonyl (C=O) groups is 1. The number of rotatable bonds is 4. The van der Waals surface area contributed by atoms with Gasteiger partial charge in [-0.3, -0.25) is 9.36 Å². The van der Waals surface area contributed by atoms with Crippen LogP contribution in [0.25, 0.3) is 66.7 Å². The van der Waals surface area contributed by atoms with E-state index in [0.29, 0.717) is 0 Å². The summed E-state index contributed by atoms with van der Waals surface area (Å²) in [4.78, 5) is 13.4. The summed E-state index contributed by atoms with van der Waals surface area (Å²) in [5.74, 6) is 0.789. The lowest BCUT2D eigenvalue weighted by Crippen LogP contribution is -2.07. The standard InChI is InChI=1S/C36H25NO2/c1-24(38)37-31-22-30-32(39-36(28-20-12-5-13-21-28)34(30)26-16-8-3-9-17-26)23-29(31)33(25-14-6-2-7-15-25)35(37)27-18-10-4-11-19-27/h2-23H,1H3. The molecule has 0 amide bonds. The number of furan rings is 1. The molecule has 7 aromatic rings. The number of carbonyl (C=O) groups excluding carboxylic acids is 1. The molecule has 0 aliphatic rings. The number of hydrogen-bond donors (Lipinski definition) is 0. The molecule has 2 heterocycles. The highest BCUT2D eigenvalue weighted by Crippen LogP contribution is 2.46. The molecule has 7 rings (SSSR count). The van der Waals surface area contributed by atoms with E-state index in [1.54, 1.807) is 6.92 Å². The third-order valence-corrected chi connectivity index (χ3v) is 7.30. The summed E-state index contributed by atoms with van der Waals surface area (Å²) in [5, 5.41) is 1.96. The molecule has 3 heteroatoms. The molecule has 3 nitrogen and oxygen atoms in total. The van der Waals surface area contributed by atoms with Gasteiger partial charge in [0.15, 0.2) is 0 Å². The molecule has 2 aromatic heterocycles. The smallest absolute Gasteiger partial charge is 0.228 e. The Hall–Kier alpha value is -5.15. The quantitative estimate of drug-likeness (QED) is 0.240. The molecule has 5 aromatic carbocycles. The lowest BCUT2D eigenvalue weighted by Gasteiger charge is -2.10. The van der Waals surface area contributed by atoms with Gasteiger partial charge in [-0.25, -0.2) is 0 Å². The van der Waals surface area contributed by atoms with Crippen molar-refractivity contribution in [3.05, 3.63) is 133 Å². The van der Waals surface area contributed by atoms with Crippen molar-refractivity contribution in [1.82, 2.24) is 4.57 Å². The maximum Gasteiger partial charge on any atom is 0.228 e. The number of aromatic nitrogens is 1. The monoisotopic (exact) mass is 503 g/mol. The van der Waals surface area contributed by atoms with Gasteiger partial charge in [0, 0.05) is 34.4 Å². The molecule has 0 unspecified atom stereocenters. The average Bonchev–Trinajstić information content (AvgIpc) is 3.53. The maximum absolute atomic E-state index is 13.4. The van der Waals surface area contributed by atoms with Crippen molar-refractivity contribution in [2.75, 3.05) is 0 Å². The summed E-state index contributed by atoms with van der Waals surface area (Å²) in [7, 11) is 0. The zero-order valence-electron chi connectivity index (χ0n) is 21.5. The van der Waals surface area contributed by atoms with Crippen LogP contribution in [-0.2, 0) is 0 Å². The highest BCUT2D eigenvalue weighted by Gasteiger charge is 2.25. The first kappa shape index (κ1) is 23.0. The van der Waals surface area contributed by atoms with Gasteiger partial charge in [-0.2, -0.15) is 0 Å². The predicted octanol–water partition coefficient (Wildman–Crippen LogP) is 9.72. The molecule has 0 radical (unpaired) electrons. The third-order valence-electron chi connectivity index (χ3n) is 7.30. The number of hydrogen-bond acceptors (Lipinski definition) is 2. The SMILES string of the molecule is CC(=O)n1c(-c2ccccc2)c(-c2ccccc2)c2cc3oc(-c4ccccc4)c(-c4ccccc4)c3cc21. The van der Waals surface area contributed by atoms with E-state index in [9.17, 15) is 4.79 Å². The molecule has 0 aliphatic heterocycles. The van der Waals surface area contributed by atoms with Gasteiger partial charge in [0.25, 0.3) is 0 Å². The molecule has 0 bridgehead atoms. The van der Waals surface area contributed by atoms with Crippen LogP contribution >= 0.6 is 0 Å². The zero-order chi connectivity index (χ0) is 26.3. The predicted molar refractivity (Wildman–Crippen MR) is 160 cm³/mol. The van der Waals surface area contributed by atoms with E-state index in [2.05, 4.69) is 60.7 Å². The Bertz CT molecular complexity index is 1950. The van der Waals surface area contributed by atoms with E-state index in [0.717, 1.165) is 66.7 Å². The highest BCUT2D eigenvalue weighted by molar-refractivity contribution is 6.15. The Kier molecular flexibility index (Phi) is 5.49. The Balaban J connectivity index is 1.65. The van der Waals surface area contributed by atoms with Crippen LogP contribution in [-0.4, -0.2) is 10.5 Å². The maximum atomic E-state index is 13.4. The Morgan fingerprint density at radius 2 is 1.05 bits per heavy atom. The molecule has 39 heavy (non-hydrogen) atoms. The number of nitrogens with zero attached hydrogens (tertiary/aromatic N) is 1. The van der Waals surface area contributed by atoms with Crippen LogP contribution in [0.2, 0.25) is 0 Å². The van der Waals surface area contributed by atoms with Crippen LogP contribution in [0.15, 0.2) is 138 Å². The Labute approximate surface area is 226 Å². The lowest BCUT2D eigenvalue weighted by molar-refractivity contribution is 0.0943. The van der Waals surface area contributed by atoms with Crippen LogP contribution < -0.4 is 0 Å². The van der Waals surface area contributed by atoms with E-state index >= 15 is 0 Å². The minimum atomic E-state index is -0.0339. The topological polar surface area (TPSA) is 35.1 Å². The van der Waals surface area contributed by atoms with Gasteiger partial charge in [-0.05, 0) is 28.8 Å². The van der Waals surface area contributed by atoms with E-state index in [1.807, 2.05) is 77.4 Å². The van der Waals surface area contributed by atoms with E-state index in [-0.39, 0.29) is 5.91 Å². The molecule has 0 N–H and O–H groups in total. The van der Waals surface area contributed by atoms with E-state index < -0.39 is 0 Å². The molecule has 0 fully saturated rings. The molecule has 0 atom stereocenters. The van der Waals surface area contributed by atoms with Crippen molar-refractivity contribution < 1.29 is 9.21 Å². The molecular formula is C36H25NO2. The summed E-state index contributed by atoms with van der Waals surface area (Å²) in [6.07, 6.45) is 0. The summed E-state index contributed by atoms with van der Waals surface area (Å²) in [6.45, 7) is 1.63. The van der Waals surface area contributed by atoms with E-state index in [1.165, 1.54) is 0 Å². The van der Waals surface area contributed by atoms with Crippen LogP contribution in [0.1, 0.15) is 11.7 Å². The first-order chi connectivity index (χ1) is 19.2. The fourth-order valence-electron chi connectivity index (χ4n) is 5.65. The summed E-state index contributed by atoms with van der Waals surface area (Å²) >= 11 is 0. The zero-order valence-corrected chi connectivity index (χ0v) is 21.5. The second kappa shape index (κ2) is 9.30. The number of benzene rings is 5. The van der Waals surface area contributed by atoms with Crippen molar-refractivity contribution in [1.29, 1.82) is 0 Å².